The number of amides is 2. The van der Waals surface area contributed by atoms with Gasteiger partial charge in [0.15, 0.2) is 0 Å². The van der Waals surface area contributed by atoms with Gasteiger partial charge in [-0.3, -0.25) is 9.59 Å². The molecule has 0 saturated heterocycles. The van der Waals surface area contributed by atoms with Crippen LogP contribution >= 0.6 is 0 Å². The van der Waals surface area contributed by atoms with Gasteiger partial charge in [-0.25, -0.2) is 4.39 Å². The van der Waals surface area contributed by atoms with Gasteiger partial charge in [-0.1, -0.05) is 6.92 Å². The number of benzene rings is 1. The smallest absolute Gasteiger partial charge is 0.254 e. The van der Waals surface area contributed by atoms with E-state index in [2.05, 4.69) is 0 Å². The van der Waals surface area contributed by atoms with E-state index in [1.807, 2.05) is 43.8 Å². The molecule has 0 saturated carbocycles. The van der Waals surface area contributed by atoms with Gasteiger partial charge in [-0.15, -0.1) is 0 Å². The summed E-state index contributed by atoms with van der Waals surface area (Å²) in [7, 11) is 3.52. The number of aromatic nitrogens is 1. The third-order valence-corrected chi connectivity index (χ3v) is 5.10. The monoisotopic (exact) mass is 403 g/mol. The van der Waals surface area contributed by atoms with Crippen molar-refractivity contribution in [3.63, 3.8) is 0 Å². The minimum Gasteiger partial charge on any atom is -0.383 e. The quantitative estimate of drug-likeness (QED) is 0.613. The van der Waals surface area contributed by atoms with Crippen LogP contribution in [-0.4, -0.2) is 59.0 Å². The van der Waals surface area contributed by atoms with Crippen LogP contribution in [0.2, 0.25) is 0 Å². The van der Waals surface area contributed by atoms with E-state index in [-0.39, 0.29) is 24.4 Å². The Balaban J connectivity index is 2.19. The number of hydrogen-bond donors (Lipinski definition) is 0. The molecule has 0 unspecified atom stereocenters. The highest BCUT2D eigenvalue weighted by Gasteiger charge is 2.26. The lowest BCUT2D eigenvalue weighted by Crippen LogP contribution is -2.47. The Kier molecular flexibility index (Phi) is 8.39. The predicted octanol–water partition coefficient (Wildman–Crippen LogP) is 3.08. The fraction of sp³-hybridized carbons (Fsp3) is 0.455. The lowest BCUT2D eigenvalue weighted by atomic mass is 10.1. The summed E-state index contributed by atoms with van der Waals surface area (Å²) in [6, 6.07) is 9.17. The fourth-order valence-electron chi connectivity index (χ4n) is 3.00. The van der Waals surface area contributed by atoms with Crippen molar-refractivity contribution in [1.29, 1.82) is 0 Å². The molecule has 2 rings (SSSR count). The Bertz CT molecular complexity index is 804. The molecule has 1 aromatic heterocycles. The van der Waals surface area contributed by atoms with Crippen LogP contribution in [0.3, 0.4) is 0 Å². The lowest BCUT2D eigenvalue weighted by molar-refractivity contribution is -0.133. The third kappa shape index (κ3) is 6.15. The van der Waals surface area contributed by atoms with Crippen LogP contribution in [0.15, 0.2) is 42.6 Å². The molecule has 0 spiro atoms. The minimum absolute atomic E-state index is 0.0423. The minimum atomic E-state index is -0.402. The van der Waals surface area contributed by atoms with E-state index in [4.69, 9.17) is 4.74 Å². The zero-order valence-electron chi connectivity index (χ0n) is 17.6. The molecule has 158 valence electrons. The lowest BCUT2D eigenvalue weighted by Gasteiger charge is -2.31. The van der Waals surface area contributed by atoms with E-state index in [1.165, 1.54) is 24.3 Å². The van der Waals surface area contributed by atoms with Gasteiger partial charge in [0.1, 0.15) is 12.4 Å². The van der Waals surface area contributed by atoms with Gasteiger partial charge in [-0.2, -0.15) is 0 Å². The first-order valence-electron chi connectivity index (χ1n) is 9.80. The first-order valence-corrected chi connectivity index (χ1v) is 9.80. The van der Waals surface area contributed by atoms with Crippen molar-refractivity contribution in [1.82, 2.24) is 14.4 Å². The largest absolute Gasteiger partial charge is 0.383 e. The van der Waals surface area contributed by atoms with Crippen LogP contribution in [0, 0.1) is 5.82 Å². The average Bonchev–Trinajstić information content (AvgIpc) is 3.13. The topological polar surface area (TPSA) is 54.8 Å². The molecule has 0 bridgehead atoms. The van der Waals surface area contributed by atoms with Gasteiger partial charge in [0.2, 0.25) is 5.91 Å². The molecule has 0 aliphatic rings. The molecule has 0 N–H and O–H groups in total. The number of nitrogens with zero attached hydrogens (tertiary/aromatic N) is 3. The van der Waals surface area contributed by atoms with E-state index >= 15 is 0 Å². The molecule has 1 atom stereocenters. The summed E-state index contributed by atoms with van der Waals surface area (Å²) in [4.78, 5) is 29.4. The Labute approximate surface area is 171 Å². The number of ether oxygens (including phenoxy) is 1. The second kappa shape index (κ2) is 10.8. The number of aryl methyl sites for hydroxylation is 1. The van der Waals surface area contributed by atoms with Crippen molar-refractivity contribution >= 4 is 11.8 Å². The molecule has 0 aliphatic heterocycles. The Morgan fingerprint density at radius 2 is 1.90 bits per heavy atom. The van der Waals surface area contributed by atoms with Crippen LogP contribution in [0.4, 0.5) is 4.39 Å². The van der Waals surface area contributed by atoms with Crippen LogP contribution in [0.1, 0.15) is 36.3 Å². The predicted molar refractivity (Wildman–Crippen MR) is 110 cm³/mol. The van der Waals surface area contributed by atoms with Gasteiger partial charge >= 0.3 is 0 Å². The number of halogens is 1. The normalized spacial score (nSPS) is 11.9. The molecule has 6 nitrogen and oxygen atoms in total. The van der Waals surface area contributed by atoms with Crippen molar-refractivity contribution < 1.29 is 18.7 Å². The maximum atomic E-state index is 13.2. The SMILES string of the molecule is CC[C@@H](C)N(CC(=O)N(CCOC)Cc1cccn1C)C(=O)c1ccc(F)cc1. The molecular weight excluding hydrogens is 373 g/mol. The standard InChI is InChI=1S/C22H30FN3O3/c1-5-17(2)26(22(28)18-8-10-19(23)11-9-18)16-21(27)25(13-14-29-4)15-20-7-6-12-24(20)3/h6-12,17H,5,13-16H2,1-4H3/t17-/m1/s1. The molecule has 2 amide bonds. The summed E-state index contributed by atoms with van der Waals surface area (Å²) in [5.74, 6) is -0.835. The molecule has 7 heteroatoms. The maximum Gasteiger partial charge on any atom is 0.254 e. The van der Waals surface area contributed by atoms with E-state index in [1.54, 1.807) is 16.9 Å². The summed E-state index contributed by atoms with van der Waals surface area (Å²) in [6.07, 6.45) is 2.63. The summed E-state index contributed by atoms with van der Waals surface area (Å²) < 4.78 is 20.3. The second-order valence-electron chi connectivity index (χ2n) is 7.12. The van der Waals surface area contributed by atoms with Gasteiger partial charge in [0.05, 0.1) is 13.2 Å². The van der Waals surface area contributed by atoms with Crippen LogP contribution < -0.4 is 0 Å². The van der Waals surface area contributed by atoms with Gasteiger partial charge in [0, 0.05) is 44.2 Å². The Morgan fingerprint density at radius 3 is 2.45 bits per heavy atom. The van der Waals surface area contributed by atoms with Crippen LogP contribution in [0.25, 0.3) is 0 Å². The van der Waals surface area contributed by atoms with Gasteiger partial charge in [-0.05, 0) is 49.7 Å². The zero-order chi connectivity index (χ0) is 21.4. The molecule has 0 aliphatic carbocycles. The van der Waals surface area contributed by atoms with Crippen LogP contribution in [-0.2, 0) is 23.1 Å². The van der Waals surface area contributed by atoms with E-state index < -0.39 is 5.82 Å². The van der Waals surface area contributed by atoms with Gasteiger partial charge in [0.25, 0.3) is 5.91 Å². The number of rotatable bonds is 10. The van der Waals surface area contributed by atoms with Crippen molar-refractivity contribution in [3.8, 4) is 0 Å². The zero-order valence-corrected chi connectivity index (χ0v) is 17.6. The fourth-order valence-corrected chi connectivity index (χ4v) is 3.00. The summed E-state index contributed by atoms with van der Waals surface area (Å²) in [6.45, 7) is 5.10. The number of carbonyl (C=O) groups excluding carboxylic acids is 2. The molecule has 29 heavy (non-hydrogen) atoms. The van der Waals surface area contributed by atoms with E-state index in [9.17, 15) is 14.0 Å². The highest BCUT2D eigenvalue weighted by molar-refractivity contribution is 5.96. The molecular formula is C22H30FN3O3. The number of methoxy groups -OCH3 is 1. The third-order valence-electron chi connectivity index (χ3n) is 5.10. The first-order chi connectivity index (χ1) is 13.9. The van der Waals surface area contributed by atoms with Gasteiger partial charge < -0.3 is 19.1 Å². The number of hydrogen-bond acceptors (Lipinski definition) is 3. The highest BCUT2D eigenvalue weighted by Crippen LogP contribution is 2.14. The molecule has 0 radical (unpaired) electrons. The molecule has 1 heterocycles. The summed E-state index contributed by atoms with van der Waals surface area (Å²) in [5, 5.41) is 0. The average molecular weight is 403 g/mol. The van der Waals surface area contributed by atoms with Crippen molar-refractivity contribution in [2.45, 2.75) is 32.9 Å². The Morgan fingerprint density at radius 1 is 1.21 bits per heavy atom. The van der Waals surface area contributed by atoms with Crippen LogP contribution in [0.5, 0.6) is 0 Å². The molecule has 1 aromatic carbocycles. The summed E-state index contributed by atoms with van der Waals surface area (Å²) >= 11 is 0. The maximum absolute atomic E-state index is 13.2. The first kappa shape index (κ1) is 22.6. The highest BCUT2D eigenvalue weighted by atomic mass is 19.1. The van der Waals surface area contributed by atoms with E-state index in [0.717, 1.165) is 5.69 Å². The van der Waals surface area contributed by atoms with Crippen molar-refractivity contribution in [2.24, 2.45) is 7.05 Å². The van der Waals surface area contributed by atoms with E-state index in [0.29, 0.717) is 31.7 Å². The number of carbonyl (C=O) groups is 2. The molecule has 0 fully saturated rings. The second-order valence-corrected chi connectivity index (χ2v) is 7.12. The molecule has 2 aromatic rings. The van der Waals surface area contributed by atoms with Crippen molar-refractivity contribution in [3.05, 3.63) is 59.7 Å². The summed E-state index contributed by atoms with van der Waals surface area (Å²) in [5.41, 5.74) is 1.36. The van der Waals surface area contributed by atoms with Crippen molar-refractivity contribution in [2.75, 3.05) is 26.8 Å². The Hall–Kier alpha value is -2.67.